The Kier molecular flexibility index (Phi) is 9.12. The average Bonchev–Trinajstić information content (AvgIpc) is 2.88. The summed E-state index contributed by atoms with van der Waals surface area (Å²) in [7, 11) is 1.70. The number of ether oxygens (including phenoxy) is 1. The molecule has 0 atom stereocenters. The lowest BCUT2D eigenvalue weighted by Gasteiger charge is -2.12. The van der Waals surface area contributed by atoms with E-state index in [0.717, 1.165) is 16.3 Å². The summed E-state index contributed by atoms with van der Waals surface area (Å²) in [5.74, 6) is 0.570. The Morgan fingerprint density at radius 1 is 1.28 bits per heavy atom. The Morgan fingerprint density at radius 2 is 2.00 bits per heavy atom. The first kappa shape index (κ1) is 21.6. The molecule has 0 aliphatic rings. The van der Waals surface area contributed by atoms with E-state index in [9.17, 15) is 4.39 Å². The number of aryl methyl sites for hydroxylation is 2. The molecule has 138 valence electrons. The minimum atomic E-state index is -0.354. The molecule has 0 aliphatic heterocycles. The number of thiazole rings is 1. The van der Waals surface area contributed by atoms with Crippen LogP contribution in [0.25, 0.3) is 0 Å². The van der Waals surface area contributed by atoms with E-state index in [1.54, 1.807) is 24.5 Å². The summed E-state index contributed by atoms with van der Waals surface area (Å²) in [6.45, 7) is 7.42. The van der Waals surface area contributed by atoms with Crippen molar-refractivity contribution in [2.45, 2.75) is 33.9 Å². The molecule has 0 amide bonds. The monoisotopic (exact) mass is 478 g/mol. The lowest BCUT2D eigenvalue weighted by atomic mass is 10.2. The lowest BCUT2D eigenvalue weighted by molar-refractivity contribution is 0.321. The molecule has 8 heteroatoms. The normalized spacial score (nSPS) is 11.0. The highest BCUT2D eigenvalue weighted by molar-refractivity contribution is 14.0. The summed E-state index contributed by atoms with van der Waals surface area (Å²) < 4.78 is 19.0. The molecule has 0 spiro atoms. The fraction of sp³-hybridized carbons (Fsp3) is 0.412. The zero-order chi connectivity index (χ0) is 17.5. The van der Waals surface area contributed by atoms with E-state index in [0.29, 0.717) is 25.7 Å². The number of guanidine groups is 1. The molecule has 2 N–H and O–H groups in total. The van der Waals surface area contributed by atoms with Gasteiger partial charge in [0.2, 0.25) is 0 Å². The van der Waals surface area contributed by atoms with Crippen molar-refractivity contribution in [1.29, 1.82) is 0 Å². The van der Waals surface area contributed by atoms with Crippen LogP contribution in [0.15, 0.2) is 23.2 Å². The second kappa shape index (κ2) is 10.5. The summed E-state index contributed by atoms with van der Waals surface area (Å²) in [6.07, 6.45) is 0. The van der Waals surface area contributed by atoms with Crippen molar-refractivity contribution in [3.63, 3.8) is 0 Å². The fourth-order valence-corrected chi connectivity index (χ4v) is 2.98. The average molecular weight is 478 g/mol. The van der Waals surface area contributed by atoms with Gasteiger partial charge >= 0.3 is 0 Å². The molecule has 0 aliphatic carbocycles. The Hall–Kier alpha value is -1.42. The van der Waals surface area contributed by atoms with Gasteiger partial charge in [-0.05, 0) is 38.5 Å². The standard InChI is InChI=1S/C17H23FN4OS.HI/c1-5-23-15-7-6-13(8-14(15)18)9-20-17(19-4)21-10-16-22-11(2)12(3)24-16;/h6-8H,5,9-10H2,1-4H3,(H2,19,20,21);1H. The van der Waals surface area contributed by atoms with E-state index in [-0.39, 0.29) is 35.5 Å². The first-order valence-corrected chi connectivity index (χ1v) is 8.63. The van der Waals surface area contributed by atoms with Crippen LogP contribution in [0.5, 0.6) is 5.75 Å². The topological polar surface area (TPSA) is 58.5 Å². The molecule has 0 unspecified atom stereocenters. The van der Waals surface area contributed by atoms with Crippen LogP contribution in [-0.4, -0.2) is 24.6 Å². The van der Waals surface area contributed by atoms with Crippen molar-refractivity contribution in [3.05, 3.63) is 45.2 Å². The predicted molar refractivity (Wildman–Crippen MR) is 112 cm³/mol. The minimum absolute atomic E-state index is 0. The van der Waals surface area contributed by atoms with Gasteiger partial charge in [-0.1, -0.05) is 6.07 Å². The number of nitrogens with zero attached hydrogens (tertiary/aromatic N) is 2. The second-order valence-electron chi connectivity index (χ2n) is 5.23. The number of hydrogen-bond donors (Lipinski definition) is 2. The van der Waals surface area contributed by atoms with Gasteiger partial charge in [-0.3, -0.25) is 4.99 Å². The quantitative estimate of drug-likeness (QED) is 0.377. The maximum atomic E-state index is 13.8. The summed E-state index contributed by atoms with van der Waals surface area (Å²) >= 11 is 1.67. The van der Waals surface area contributed by atoms with Crippen LogP contribution in [0.3, 0.4) is 0 Å². The van der Waals surface area contributed by atoms with Crippen LogP contribution >= 0.6 is 35.3 Å². The highest BCUT2D eigenvalue weighted by atomic mass is 127. The molecule has 2 aromatic rings. The zero-order valence-electron chi connectivity index (χ0n) is 14.9. The van der Waals surface area contributed by atoms with E-state index < -0.39 is 0 Å². The summed E-state index contributed by atoms with van der Waals surface area (Å²) in [6, 6.07) is 4.95. The molecular formula is C17H24FIN4OS. The van der Waals surface area contributed by atoms with Crippen molar-refractivity contribution in [2.24, 2.45) is 4.99 Å². The predicted octanol–water partition coefficient (Wildman–Crippen LogP) is 3.78. The molecule has 25 heavy (non-hydrogen) atoms. The van der Waals surface area contributed by atoms with Gasteiger partial charge in [-0.15, -0.1) is 35.3 Å². The van der Waals surface area contributed by atoms with Gasteiger partial charge in [0.05, 0.1) is 18.8 Å². The third-order valence-corrected chi connectivity index (χ3v) is 4.53. The first-order chi connectivity index (χ1) is 11.5. The lowest BCUT2D eigenvalue weighted by Crippen LogP contribution is -2.36. The molecule has 0 radical (unpaired) electrons. The molecule has 1 aromatic carbocycles. The Morgan fingerprint density at radius 3 is 2.56 bits per heavy atom. The molecule has 0 saturated carbocycles. The number of aliphatic imine (C=N–C) groups is 1. The molecule has 0 fully saturated rings. The van der Waals surface area contributed by atoms with E-state index in [2.05, 4.69) is 27.5 Å². The Bertz CT molecular complexity index is 701. The van der Waals surface area contributed by atoms with Crippen molar-refractivity contribution in [2.75, 3.05) is 13.7 Å². The number of aromatic nitrogens is 1. The summed E-state index contributed by atoms with van der Waals surface area (Å²) in [5, 5.41) is 7.39. The van der Waals surface area contributed by atoms with Crippen molar-refractivity contribution in [3.8, 4) is 5.75 Å². The van der Waals surface area contributed by atoms with Gasteiger partial charge in [-0.25, -0.2) is 9.37 Å². The largest absolute Gasteiger partial charge is 0.491 e. The highest BCUT2D eigenvalue weighted by Gasteiger charge is 2.07. The number of nitrogens with one attached hydrogen (secondary N) is 2. The van der Waals surface area contributed by atoms with Gasteiger partial charge in [0, 0.05) is 18.5 Å². The molecule has 2 rings (SSSR count). The van der Waals surface area contributed by atoms with E-state index in [4.69, 9.17) is 4.74 Å². The van der Waals surface area contributed by atoms with E-state index in [1.807, 2.05) is 19.9 Å². The highest BCUT2D eigenvalue weighted by Crippen LogP contribution is 2.18. The van der Waals surface area contributed by atoms with Gasteiger partial charge in [-0.2, -0.15) is 0 Å². The number of halogens is 2. The van der Waals surface area contributed by atoms with Crippen molar-refractivity contribution in [1.82, 2.24) is 15.6 Å². The molecule has 5 nitrogen and oxygen atoms in total. The van der Waals surface area contributed by atoms with Crippen molar-refractivity contribution < 1.29 is 9.13 Å². The fourth-order valence-electron chi connectivity index (χ4n) is 2.11. The maximum Gasteiger partial charge on any atom is 0.191 e. The summed E-state index contributed by atoms with van der Waals surface area (Å²) in [5.41, 5.74) is 1.88. The van der Waals surface area contributed by atoms with Crippen LogP contribution < -0.4 is 15.4 Å². The Labute approximate surface area is 169 Å². The van der Waals surface area contributed by atoms with Gasteiger partial charge in [0.1, 0.15) is 5.01 Å². The smallest absolute Gasteiger partial charge is 0.191 e. The minimum Gasteiger partial charge on any atom is -0.491 e. The van der Waals surface area contributed by atoms with Crippen LogP contribution in [-0.2, 0) is 13.1 Å². The van der Waals surface area contributed by atoms with Gasteiger partial charge in [0.25, 0.3) is 0 Å². The van der Waals surface area contributed by atoms with Crippen LogP contribution in [0.4, 0.5) is 4.39 Å². The molecular weight excluding hydrogens is 454 g/mol. The molecule has 1 aromatic heterocycles. The Balaban J connectivity index is 0.00000312. The molecule has 1 heterocycles. The molecule has 0 saturated heterocycles. The third-order valence-electron chi connectivity index (χ3n) is 3.46. The zero-order valence-corrected chi connectivity index (χ0v) is 18.0. The van der Waals surface area contributed by atoms with Crippen LogP contribution in [0.1, 0.15) is 28.1 Å². The first-order valence-electron chi connectivity index (χ1n) is 7.82. The number of hydrogen-bond acceptors (Lipinski definition) is 4. The maximum absolute atomic E-state index is 13.8. The third kappa shape index (κ3) is 6.43. The van der Waals surface area contributed by atoms with Gasteiger partial charge in [0.15, 0.2) is 17.5 Å². The SMILES string of the molecule is CCOc1ccc(CNC(=NC)NCc2nc(C)c(C)s2)cc1F.I. The van der Waals surface area contributed by atoms with Gasteiger partial charge < -0.3 is 15.4 Å². The van der Waals surface area contributed by atoms with Crippen LogP contribution in [0.2, 0.25) is 0 Å². The summed E-state index contributed by atoms with van der Waals surface area (Å²) in [4.78, 5) is 9.87. The van der Waals surface area contributed by atoms with Crippen molar-refractivity contribution >= 4 is 41.3 Å². The van der Waals surface area contributed by atoms with E-state index >= 15 is 0 Å². The number of benzene rings is 1. The molecule has 0 bridgehead atoms. The second-order valence-corrected chi connectivity index (χ2v) is 6.51. The van der Waals surface area contributed by atoms with Crippen LogP contribution in [0, 0.1) is 19.7 Å². The van der Waals surface area contributed by atoms with E-state index in [1.165, 1.54) is 10.9 Å². The number of rotatable bonds is 6.